The molecular weight excluding hydrogens is 524 g/mol. The first-order valence-electron chi connectivity index (χ1n) is 14.3. The number of aromatic amines is 1. The molecule has 2 aromatic heterocycles. The van der Waals surface area contributed by atoms with Crippen molar-refractivity contribution in [1.82, 2.24) is 9.97 Å². The lowest BCUT2D eigenvalue weighted by Crippen LogP contribution is -2.69. The molecule has 6 rings (SSSR count). The van der Waals surface area contributed by atoms with Gasteiger partial charge in [0.05, 0.1) is 6.57 Å². The number of hydrogen-bond donors (Lipinski definition) is 1. The maximum atomic E-state index is 12.6. The van der Waals surface area contributed by atoms with Gasteiger partial charge in [0.1, 0.15) is 22.4 Å². The van der Waals surface area contributed by atoms with Crippen LogP contribution >= 0.6 is 0 Å². The van der Waals surface area contributed by atoms with Crippen molar-refractivity contribution in [3.8, 4) is 11.6 Å². The average molecular weight is 561 g/mol. The van der Waals surface area contributed by atoms with Crippen LogP contribution in [0.25, 0.3) is 15.7 Å². The van der Waals surface area contributed by atoms with Crippen LogP contribution in [0.2, 0.25) is 0 Å². The number of ether oxygens (including phenoxy) is 2. The van der Waals surface area contributed by atoms with Crippen molar-refractivity contribution in [2.75, 3.05) is 0 Å². The molecule has 7 heteroatoms. The van der Waals surface area contributed by atoms with E-state index in [4.69, 9.17) is 21.0 Å². The first-order valence-corrected chi connectivity index (χ1v) is 14.3. The Labute approximate surface area is 246 Å². The molecule has 2 aliphatic rings. The van der Waals surface area contributed by atoms with E-state index < -0.39 is 11.1 Å². The summed E-state index contributed by atoms with van der Waals surface area (Å²) in [7, 11) is 0. The van der Waals surface area contributed by atoms with Crippen molar-refractivity contribution >= 4 is 22.5 Å². The van der Waals surface area contributed by atoms with Crippen LogP contribution in [0, 0.1) is 27.3 Å². The Morgan fingerprint density at radius 2 is 1.57 bits per heavy atom. The number of benzene rings is 2. The second-order valence-electron chi connectivity index (χ2n) is 13.0. The SMILES string of the molecule is [C-]#[N+]c1c(C)c(Oc2ccc3cc(C)[nH]c(=O)c3n2)cc(C2=N[C@@]3(C)C(C)(C)c4ccccc4C(C)(C)C3(C)O2)c1C. The number of fused-ring (bicyclic) bond motifs is 3. The van der Waals surface area contributed by atoms with Gasteiger partial charge in [0.2, 0.25) is 11.8 Å². The zero-order valence-electron chi connectivity index (χ0n) is 25.7. The van der Waals surface area contributed by atoms with Crippen LogP contribution in [-0.2, 0) is 15.6 Å². The second-order valence-corrected chi connectivity index (χ2v) is 13.0. The smallest absolute Gasteiger partial charge is 0.274 e. The summed E-state index contributed by atoms with van der Waals surface area (Å²) in [6.07, 6.45) is 0. The maximum absolute atomic E-state index is 12.6. The maximum Gasteiger partial charge on any atom is 0.274 e. The fourth-order valence-corrected chi connectivity index (χ4v) is 7.10. The molecule has 0 bridgehead atoms. The lowest BCUT2D eigenvalue weighted by Gasteiger charge is -2.60. The minimum Gasteiger partial charge on any atom is -0.468 e. The Kier molecular flexibility index (Phi) is 5.79. The highest BCUT2D eigenvalue weighted by atomic mass is 16.5. The molecule has 0 radical (unpaired) electrons. The lowest BCUT2D eigenvalue weighted by atomic mass is 9.47. The summed E-state index contributed by atoms with van der Waals surface area (Å²) in [5, 5.41) is 0.732. The molecular formula is C35H36N4O3. The number of aryl methyl sites for hydroxylation is 1. The molecule has 0 fully saturated rings. The van der Waals surface area contributed by atoms with E-state index in [2.05, 4.69) is 80.6 Å². The predicted molar refractivity (Wildman–Crippen MR) is 166 cm³/mol. The lowest BCUT2D eigenvalue weighted by molar-refractivity contribution is -0.0673. The fraction of sp³-hybridized carbons (Fsp3) is 0.371. The van der Waals surface area contributed by atoms with Gasteiger partial charge in [0.15, 0.2) is 5.69 Å². The van der Waals surface area contributed by atoms with E-state index in [1.807, 2.05) is 39.0 Å². The third-order valence-electron chi connectivity index (χ3n) is 10.4. The third kappa shape index (κ3) is 3.47. The van der Waals surface area contributed by atoms with Gasteiger partial charge >= 0.3 is 0 Å². The summed E-state index contributed by atoms with van der Waals surface area (Å²) >= 11 is 0. The van der Waals surface area contributed by atoms with E-state index in [1.54, 1.807) is 6.07 Å². The largest absolute Gasteiger partial charge is 0.468 e. The third-order valence-corrected chi connectivity index (χ3v) is 10.4. The van der Waals surface area contributed by atoms with Gasteiger partial charge in [-0.25, -0.2) is 14.8 Å². The van der Waals surface area contributed by atoms with Crippen LogP contribution in [0.4, 0.5) is 5.69 Å². The van der Waals surface area contributed by atoms with E-state index in [9.17, 15) is 4.79 Å². The van der Waals surface area contributed by atoms with Gasteiger partial charge in [-0.2, -0.15) is 0 Å². The Bertz CT molecular complexity index is 1940. The van der Waals surface area contributed by atoms with Crippen LogP contribution in [0.1, 0.15) is 75.1 Å². The van der Waals surface area contributed by atoms with Crippen molar-refractivity contribution in [3.63, 3.8) is 0 Å². The van der Waals surface area contributed by atoms with E-state index in [-0.39, 0.29) is 22.3 Å². The summed E-state index contributed by atoms with van der Waals surface area (Å²) in [5.41, 5.74) is 3.99. The number of aliphatic imine (C=N–C) groups is 1. The zero-order chi connectivity index (χ0) is 30.4. The summed E-state index contributed by atoms with van der Waals surface area (Å²) < 4.78 is 13.3. The Morgan fingerprint density at radius 3 is 2.24 bits per heavy atom. The van der Waals surface area contributed by atoms with E-state index in [0.717, 1.165) is 16.6 Å². The molecule has 214 valence electrons. The molecule has 0 spiro atoms. The number of nitrogens with zero attached hydrogens (tertiary/aromatic N) is 3. The molecule has 1 aliphatic carbocycles. The molecule has 1 unspecified atom stereocenters. The number of pyridine rings is 2. The molecule has 2 aromatic carbocycles. The van der Waals surface area contributed by atoms with Crippen molar-refractivity contribution < 1.29 is 9.47 Å². The minimum absolute atomic E-state index is 0.269. The first kappa shape index (κ1) is 27.7. The minimum atomic E-state index is -0.678. The summed E-state index contributed by atoms with van der Waals surface area (Å²) in [4.78, 5) is 29.1. The highest BCUT2D eigenvalue weighted by molar-refractivity contribution is 6.00. The molecule has 4 aromatic rings. The number of rotatable bonds is 3. The van der Waals surface area contributed by atoms with Gasteiger partial charge in [-0.05, 0) is 75.1 Å². The fourth-order valence-electron chi connectivity index (χ4n) is 7.10. The Morgan fingerprint density at radius 1 is 0.905 bits per heavy atom. The Hall–Kier alpha value is -4.44. The number of nitrogens with one attached hydrogen (secondary N) is 1. The predicted octanol–water partition coefficient (Wildman–Crippen LogP) is 7.75. The molecule has 1 aliphatic heterocycles. The number of hydrogen-bond acceptors (Lipinski definition) is 5. The zero-order valence-corrected chi connectivity index (χ0v) is 25.7. The van der Waals surface area contributed by atoms with Crippen LogP contribution in [0.15, 0.2) is 58.3 Å². The van der Waals surface area contributed by atoms with Gasteiger partial charge in [-0.15, -0.1) is 0 Å². The van der Waals surface area contributed by atoms with Crippen molar-refractivity contribution in [2.45, 2.75) is 84.3 Å². The highest BCUT2D eigenvalue weighted by Crippen LogP contribution is 2.62. The van der Waals surface area contributed by atoms with Crippen LogP contribution < -0.4 is 10.3 Å². The van der Waals surface area contributed by atoms with Crippen LogP contribution in [0.3, 0.4) is 0 Å². The number of H-pyrrole nitrogens is 1. The Balaban J connectivity index is 1.50. The van der Waals surface area contributed by atoms with Gasteiger partial charge in [-0.1, -0.05) is 52.0 Å². The van der Waals surface area contributed by atoms with E-state index >= 15 is 0 Å². The molecule has 0 saturated heterocycles. The summed E-state index contributed by atoms with van der Waals surface area (Å²) in [6.45, 7) is 26.9. The second kappa shape index (κ2) is 8.78. The van der Waals surface area contributed by atoms with E-state index in [1.165, 1.54) is 11.1 Å². The summed E-state index contributed by atoms with van der Waals surface area (Å²) in [6, 6.07) is 15.9. The standard InChI is InChI=1S/C35H36N4O3/c1-19-17-22-15-16-27(38-29(22)30(40)37-19)41-26-18-23(20(2)28(36-10)21(26)3)31-39-34(8)32(4,5)24-13-11-12-14-25(24)33(6,7)35(34,9)42-31/h11-18H,1-9H3,(H,37,40)/t34-,35?/m0/s1. The van der Waals surface area contributed by atoms with Gasteiger partial charge in [0, 0.05) is 33.5 Å². The molecule has 7 nitrogen and oxygen atoms in total. The molecule has 0 amide bonds. The van der Waals surface area contributed by atoms with Gasteiger partial charge < -0.3 is 14.5 Å². The first-order chi connectivity index (χ1) is 19.7. The quantitative estimate of drug-likeness (QED) is 0.260. The summed E-state index contributed by atoms with van der Waals surface area (Å²) in [5.74, 6) is 1.24. The monoisotopic (exact) mass is 560 g/mol. The van der Waals surface area contributed by atoms with Crippen molar-refractivity contribution in [1.29, 1.82) is 0 Å². The van der Waals surface area contributed by atoms with Gasteiger partial charge in [0.25, 0.3) is 5.56 Å². The van der Waals surface area contributed by atoms with Crippen LogP contribution in [-0.4, -0.2) is 27.0 Å². The van der Waals surface area contributed by atoms with Gasteiger partial charge in [-0.3, -0.25) is 4.79 Å². The molecule has 0 saturated carbocycles. The average Bonchev–Trinajstić information content (AvgIpc) is 3.23. The van der Waals surface area contributed by atoms with Crippen LogP contribution in [0.5, 0.6) is 11.6 Å². The molecule has 3 heterocycles. The normalized spacial score (nSPS) is 23.4. The van der Waals surface area contributed by atoms with Crippen molar-refractivity contribution in [3.05, 3.63) is 104 Å². The van der Waals surface area contributed by atoms with E-state index in [0.29, 0.717) is 34.0 Å². The highest BCUT2D eigenvalue weighted by Gasteiger charge is 2.70. The molecule has 2 atom stereocenters. The molecule has 1 N–H and O–H groups in total. The number of aromatic nitrogens is 2. The van der Waals surface area contributed by atoms with Crippen molar-refractivity contribution in [2.24, 2.45) is 4.99 Å². The topological polar surface area (TPSA) is 80.9 Å². The molecule has 42 heavy (non-hydrogen) atoms.